The fourth-order valence-electron chi connectivity index (χ4n) is 3.18. The molecule has 3 rings (SSSR count). The van der Waals surface area contributed by atoms with Gasteiger partial charge in [-0.05, 0) is 19.2 Å². The Morgan fingerprint density at radius 1 is 1.35 bits per heavy atom. The third kappa shape index (κ3) is 2.98. The molecule has 1 aromatic rings. The van der Waals surface area contributed by atoms with Crippen LogP contribution in [-0.2, 0) is 10.9 Å². The number of nitro benzene ring substituents is 1. The van der Waals surface area contributed by atoms with E-state index in [-0.39, 0.29) is 12.1 Å². The fourth-order valence-corrected chi connectivity index (χ4v) is 3.18. The Hall–Kier alpha value is -1.87. The van der Waals surface area contributed by atoms with Crippen LogP contribution in [0.1, 0.15) is 5.56 Å². The number of ether oxygens (including phenoxy) is 1. The minimum atomic E-state index is -4.77. The number of halogens is 3. The van der Waals surface area contributed by atoms with Gasteiger partial charge in [-0.1, -0.05) is 0 Å². The number of nitrogens with zero attached hydrogens (tertiary/aromatic N) is 3. The van der Waals surface area contributed by atoms with Crippen LogP contribution in [0, 0.1) is 10.1 Å². The summed E-state index contributed by atoms with van der Waals surface area (Å²) in [5.74, 6) is 0. The van der Waals surface area contributed by atoms with E-state index in [2.05, 4.69) is 4.90 Å². The predicted octanol–water partition coefficient (Wildman–Crippen LogP) is 2.13. The molecule has 1 aromatic carbocycles. The van der Waals surface area contributed by atoms with Crippen molar-refractivity contribution in [2.75, 3.05) is 38.2 Å². The van der Waals surface area contributed by atoms with Crippen molar-refractivity contribution in [1.82, 2.24) is 4.90 Å². The molecule has 0 amide bonds. The van der Waals surface area contributed by atoms with Crippen LogP contribution in [0.5, 0.6) is 0 Å². The highest BCUT2D eigenvalue weighted by molar-refractivity contribution is 5.57. The largest absolute Gasteiger partial charge is 0.423 e. The standard InChI is InChI=1S/C14H16F3N3O3/c1-18-4-5-23-13-8-19(7-12(13)18)9-2-3-11(20(21)22)10(6-9)14(15,16)17/h2-3,6,12-13H,4-5,7-8H2,1H3. The minimum absolute atomic E-state index is 0.0571. The summed E-state index contributed by atoms with van der Waals surface area (Å²) in [6.45, 7) is 2.39. The van der Waals surface area contributed by atoms with Gasteiger partial charge in [0.2, 0.25) is 0 Å². The van der Waals surface area contributed by atoms with Gasteiger partial charge in [-0.3, -0.25) is 15.0 Å². The molecule has 126 valence electrons. The topological polar surface area (TPSA) is 58.8 Å². The first-order valence-electron chi connectivity index (χ1n) is 7.20. The molecule has 0 spiro atoms. The maximum absolute atomic E-state index is 13.1. The first-order chi connectivity index (χ1) is 10.8. The number of morpholine rings is 1. The van der Waals surface area contributed by atoms with E-state index in [4.69, 9.17) is 4.74 Å². The number of alkyl halides is 3. The van der Waals surface area contributed by atoms with E-state index >= 15 is 0 Å². The van der Waals surface area contributed by atoms with Gasteiger partial charge in [-0.25, -0.2) is 0 Å². The maximum Gasteiger partial charge on any atom is 0.423 e. The average molecular weight is 331 g/mol. The first-order valence-corrected chi connectivity index (χ1v) is 7.20. The molecule has 0 bridgehead atoms. The number of hydrogen-bond acceptors (Lipinski definition) is 5. The van der Waals surface area contributed by atoms with Crippen molar-refractivity contribution in [2.24, 2.45) is 0 Å². The van der Waals surface area contributed by atoms with Gasteiger partial charge in [0.05, 0.1) is 23.7 Å². The third-order valence-corrected chi connectivity index (χ3v) is 4.43. The third-order valence-electron chi connectivity index (χ3n) is 4.43. The number of anilines is 1. The number of benzene rings is 1. The summed E-state index contributed by atoms with van der Waals surface area (Å²) in [6, 6.07) is 3.26. The molecule has 23 heavy (non-hydrogen) atoms. The van der Waals surface area contributed by atoms with Crippen molar-refractivity contribution in [3.05, 3.63) is 33.9 Å². The van der Waals surface area contributed by atoms with Crippen LogP contribution in [0.2, 0.25) is 0 Å². The molecule has 0 aromatic heterocycles. The van der Waals surface area contributed by atoms with Crippen LogP contribution in [-0.4, -0.2) is 55.3 Å². The summed E-state index contributed by atoms with van der Waals surface area (Å²) in [5, 5.41) is 10.8. The molecule has 2 saturated heterocycles. The van der Waals surface area contributed by atoms with Gasteiger partial charge in [-0.2, -0.15) is 13.2 Å². The second-order valence-electron chi connectivity index (χ2n) is 5.82. The lowest BCUT2D eigenvalue weighted by molar-refractivity contribution is -0.388. The Labute approximate surface area is 130 Å². The van der Waals surface area contributed by atoms with Gasteiger partial charge in [0, 0.05) is 31.4 Å². The molecule has 2 fully saturated rings. The second kappa shape index (κ2) is 5.64. The fraction of sp³-hybridized carbons (Fsp3) is 0.571. The zero-order valence-corrected chi connectivity index (χ0v) is 12.4. The number of likely N-dealkylation sites (N-methyl/N-ethyl adjacent to an activating group) is 1. The van der Waals surface area contributed by atoms with Crippen molar-refractivity contribution in [1.29, 1.82) is 0 Å². The van der Waals surface area contributed by atoms with Crippen molar-refractivity contribution >= 4 is 11.4 Å². The summed E-state index contributed by atoms with van der Waals surface area (Å²) in [7, 11) is 1.96. The van der Waals surface area contributed by atoms with Gasteiger partial charge in [0.15, 0.2) is 0 Å². The number of nitro groups is 1. The maximum atomic E-state index is 13.1. The lowest BCUT2D eigenvalue weighted by Crippen LogP contribution is -2.48. The van der Waals surface area contributed by atoms with Crippen molar-refractivity contribution in [2.45, 2.75) is 18.3 Å². The normalized spacial score (nSPS) is 25.5. The van der Waals surface area contributed by atoms with Crippen molar-refractivity contribution < 1.29 is 22.8 Å². The predicted molar refractivity (Wildman–Crippen MR) is 76.5 cm³/mol. The summed E-state index contributed by atoms with van der Waals surface area (Å²) in [5.41, 5.74) is -1.82. The highest BCUT2D eigenvalue weighted by atomic mass is 19.4. The van der Waals surface area contributed by atoms with Crippen LogP contribution < -0.4 is 4.90 Å². The Bertz CT molecular complexity index is 623. The van der Waals surface area contributed by atoms with Crippen molar-refractivity contribution in [3.8, 4) is 0 Å². The van der Waals surface area contributed by atoms with Crippen LogP contribution in [0.4, 0.5) is 24.5 Å². The molecule has 2 unspecified atom stereocenters. The lowest BCUT2D eigenvalue weighted by atomic mass is 10.1. The molecule has 0 N–H and O–H groups in total. The molecule has 2 aliphatic rings. The minimum Gasteiger partial charge on any atom is -0.373 e. The average Bonchev–Trinajstić information content (AvgIpc) is 2.91. The first kappa shape index (κ1) is 16.0. The molecule has 2 heterocycles. The molecule has 0 saturated carbocycles. The van der Waals surface area contributed by atoms with E-state index in [1.54, 1.807) is 4.90 Å². The van der Waals surface area contributed by atoms with E-state index < -0.39 is 22.4 Å². The number of fused-ring (bicyclic) bond motifs is 1. The molecule has 2 aliphatic heterocycles. The monoisotopic (exact) mass is 331 g/mol. The summed E-state index contributed by atoms with van der Waals surface area (Å²) in [6.07, 6.45) is -4.82. The SMILES string of the molecule is CN1CCOC2CN(c3ccc([N+](=O)[O-])c(C(F)(F)F)c3)CC21. The highest BCUT2D eigenvalue weighted by Gasteiger charge is 2.41. The van der Waals surface area contributed by atoms with Gasteiger partial charge in [-0.15, -0.1) is 0 Å². The van der Waals surface area contributed by atoms with Gasteiger partial charge >= 0.3 is 6.18 Å². The molecule has 6 nitrogen and oxygen atoms in total. The van der Waals surface area contributed by atoms with Crippen molar-refractivity contribution in [3.63, 3.8) is 0 Å². The number of rotatable bonds is 2. The zero-order chi connectivity index (χ0) is 16.8. The molecular weight excluding hydrogens is 315 g/mol. The van der Waals surface area contributed by atoms with Gasteiger partial charge in [0.1, 0.15) is 5.56 Å². The molecule has 9 heteroatoms. The van der Waals surface area contributed by atoms with E-state index in [9.17, 15) is 23.3 Å². The van der Waals surface area contributed by atoms with Gasteiger partial charge < -0.3 is 9.64 Å². The van der Waals surface area contributed by atoms with Crippen LogP contribution >= 0.6 is 0 Å². The van der Waals surface area contributed by atoms with Gasteiger partial charge in [0.25, 0.3) is 5.69 Å². The lowest BCUT2D eigenvalue weighted by Gasteiger charge is -2.33. The van der Waals surface area contributed by atoms with E-state index in [1.165, 1.54) is 6.07 Å². The van der Waals surface area contributed by atoms with E-state index in [1.807, 2.05) is 7.05 Å². The second-order valence-corrected chi connectivity index (χ2v) is 5.82. The molecule has 0 aliphatic carbocycles. The van der Waals surface area contributed by atoms with Crippen LogP contribution in [0.3, 0.4) is 0 Å². The Morgan fingerprint density at radius 3 is 2.70 bits per heavy atom. The molecule has 2 atom stereocenters. The van der Waals surface area contributed by atoms with E-state index in [0.29, 0.717) is 25.4 Å². The smallest absolute Gasteiger partial charge is 0.373 e. The Balaban J connectivity index is 1.91. The van der Waals surface area contributed by atoms with Crippen LogP contribution in [0.25, 0.3) is 0 Å². The Morgan fingerprint density at radius 2 is 2.09 bits per heavy atom. The quantitative estimate of drug-likeness (QED) is 0.614. The Kier molecular flexibility index (Phi) is 3.93. The number of hydrogen-bond donors (Lipinski definition) is 0. The summed E-state index contributed by atoms with van der Waals surface area (Å²) in [4.78, 5) is 13.7. The zero-order valence-electron chi connectivity index (χ0n) is 12.4. The highest BCUT2D eigenvalue weighted by Crippen LogP contribution is 2.39. The van der Waals surface area contributed by atoms with E-state index in [0.717, 1.165) is 18.7 Å². The summed E-state index contributed by atoms with van der Waals surface area (Å²) >= 11 is 0. The molecular formula is C14H16F3N3O3. The summed E-state index contributed by atoms with van der Waals surface area (Å²) < 4.78 is 44.9. The van der Waals surface area contributed by atoms with Crippen LogP contribution in [0.15, 0.2) is 18.2 Å². The molecule has 0 radical (unpaired) electrons.